The summed E-state index contributed by atoms with van der Waals surface area (Å²) in [6, 6.07) is 6.20. The van der Waals surface area contributed by atoms with Crippen LogP contribution in [0.25, 0.3) is 0 Å². The van der Waals surface area contributed by atoms with Crippen molar-refractivity contribution in [2.75, 3.05) is 18.6 Å². The summed E-state index contributed by atoms with van der Waals surface area (Å²) in [7, 11) is 1.46. The minimum absolute atomic E-state index is 0.276. The highest BCUT2D eigenvalue weighted by Gasteiger charge is 2.23. The lowest BCUT2D eigenvalue weighted by Crippen LogP contribution is -2.30. The Morgan fingerprint density at radius 1 is 1.37 bits per heavy atom. The predicted octanol–water partition coefficient (Wildman–Crippen LogP) is 2.73. The largest absolute Gasteiger partial charge is 0.445 e. The fraction of sp³-hybridized carbons (Fsp3) is 0.273. The van der Waals surface area contributed by atoms with Gasteiger partial charge in [0, 0.05) is 18.3 Å². The van der Waals surface area contributed by atoms with Gasteiger partial charge in [-0.15, -0.1) is 0 Å². The highest BCUT2D eigenvalue weighted by atomic mass is 35.6. The Morgan fingerprint density at radius 2 is 2.00 bits per heavy atom. The molecule has 0 bridgehead atoms. The van der Waals surface area contributed by atoms with Gasteiger partial charge in [0.1, 0.15) is 6.61 Å². The summed E-state index contributed by atoms with van der Waals surface area (Å²) in [6.45, 7) is -0.379. The van der Waals surface area contributed by atoms with Crippen LogP contribution in [0.1, 0.15) is 10.4 Å². The number of benzene rings is 1. The van der Waals surface area contributed by atoms with E-state index in [9.17, 15) is 9.59 Å². The summed E-state index contributed by atoms with van der Waals surface area (Å²) >= 11 is 16.4. The molecule has 0 saturated heterocycles. The molecule has 0 unspecified atom stereocenters. The molecule has 0 heterocycles. The lowest BCUT2D eigenvalue weighted by molar-refractivity contribution is 0.1000. The van der Waals surface area contributed by atoms with E-state index < -0.39 is 15.8 Å². The number of nitrogens with zero attached hydrogens (tertiary/aromatic N) is 1. The third-order valence-electron chi connectivity index (χ3n) is 2.15. The summed E-state index contributed by atoms with van der Waals surface area (Å²) in [5.74, 6) is -0.593. The number of amides is 2. The summed E-state index contributed by atoms with van der Waals surface area (Å²) in [4.78, 5) is 23.9. The topological polar surface area (TPSA) is 72.6 Å². The summed E-state index contributed by atoms with van der Waals surface area (Å²) in [5.41, 5.74) is 5.86. The van der Waals surface area contributed by atoms with Crippen molar-refractivity contribution in [3.63, 3.8) is 0 Å². The van der Waals surface area contributed by atoms with Crippen molar-refractivity contribution in [1.82, 2.24) is 0 Å². The lowest BCUT2D eigenvalue weighted by atomic mass is 10.2. The van der Waals surface area contributed by atoms with E-state index in [0.717, 1.165) is 0 Å². The van der Waals surface area contributed by atoms with Crippen molar-refractivity contribution in [3.8, 4) is 0 Å². The van der Waals surface area contributed by atoms with Gasteiger partial charge in [0.15, 0.2) is 0 Å². The second kappa shape index (κ2) is 6.32. The number of carbonyl (C=O) groups excluding carboxylic acids is 2. The maximum absolute atomic E-state index is 11.7. The molecule has 0 spiro atoms. The molecule has 1 aromatic carbocycles. The molecule has 8 heteroatoms. The van der Waals surface area contributed by atoms with Crippen molar-refractivity contribution < 1.29 is 14.3 Å². The number of hydrogen-bond donors (Lipinski definition) is 1. The number of halogens is 3. The Balaban J connectivity index is 2.77. The third kappa shape index (κ3) is 5.14. The molecule has 0 saturated carbocycles. The molecule has 1 aromatic rings. The van der Waals surface area contributed by atoms with Gasteiger partial charge in [0.2, 0.25) is 9.70 Å². The SMILES string of the molecule is CN(C(=O)OCC(Cl)(Cl)Cl)c1cccc(C(N)=O)c1. The maximum atomic E-state index is 11.7. The molecule has 0 aromatic heterocycles. The van der Waals surface area contributed by atoms with E-state index in [-0.39, 0.29) is 12.2 Å². The monoisotopic (exact) mass is 324 g/mol. The molecule has 0 aliphatic heterocycles. The number of primary amides is 1. The molecule has 5 nitrogen and oxygen atoms in total. The molecule has 0 fully saturated rings. The molecule has 0 aliphatic carbocycles. The zero-order valence-electron chi connectivity index (χ0n) is 9.90. The number of hydrogen-bond acceptors (Lipinski definition) is 3. The van der Waals surface area contributed by atoms with Crippen LogP contribution in [0.3, 0.4) is 0 Å². The first-order valence-electron chi connectivity index (χ1n) is 5.08. The van der Waals surface area contributed by atoms with Crippen molar-refractivity contribution in [2.24, 2.45) is 5.73 Å². The van der Waals surface area contributed by atoms with E-state index in [1.807, 2.05) is 0 Å². The van der Waals surface area contributed by atoms with Gasteiger partial charge in [-0.1, -0.05) is 40.9 Å². The first-order valence-corrected chi connectivity index (χ1v) is 6.21. The van der Waals surface area contributed by atoms with Crippen LogP contribution < -0.4 is 10.6 Å². The average molecular weight is 326 g/mol. The highest BCUT2D eigenvalue weighted by molar-refractivity contribution is 6.67. The minimum atomic E-state index is -1.68. The van der Waals surface area contributed by atoms with Crippen molar-refractivity contribution in [2.45, 2.75) is 3.79 Å². The number of nitrogens with two attached hydrogens (primary N) is 1. The van der Waals surface area contributed by atoms with Crippen LogP contribution in [0.4, 0.5) is 10.5 Å². The molecule has 19 heavy (non-hydrogen) atoms. The summed E-state index contributed by atoms with van der Waals surface area (Å²) < 4.78 is 3.12. The number of carbonyl (C=O) groups is 2. The van der Waals surface area contributed by atoms with E-state index >= 15 is 0 Å². The number of alkyl halides is 3. The Labute approximate surface area is 125 Å². The van der Waals surface area contributed by atoms with Crippen LogP contribution in [0.2, 0.25) is 0 Å². The first kappa shape index (κ1) is 15.9. The molecule has 2 N–H and O–H groups in total. The molecule has 0 atom stereocenters. The van der Waals surface area contributed by atoms with Gasteiger partial charge >= 0.3 is 6.09 Å². The summed E-state index contributed by atoms with van der Waals surface area (Å²) in [6.07, 6.45) is -0.715. The molecular formula is C11H11Cl3N2O3. The Kier molecular flexibility index (Phi) is 5.29. The Morgan fingerprint density at radius 3 is 2.53 bits per heavy atom. The first-order chi connectivity index (χ1) is 8.70. The van der Waals surface area contributed by atoms with E-state index in [4.69, 9.17) is 45.3 Å². The molecular weight excluding hydrogens is 314 g/mol. The van der Waals surface area contributed by atoms with Crippen molar-refractivity contribution >= 4 is 52.5 Å². The molecule has 0 aliphatic rings. The van der Waals surface area contributed by atoms with E-state index in [1.165, 1.54) is 24.1 Å². The van der Waals surface area contributed by atoms with Crippen LogP contribution in [0.15, 0.2) is 24.3 Å². The van der Waals surface area contributed by atoms with E-state index in [0.29, 0.717) is 5.69 Å². The predicted molar refractivity (Wildman–Crippen MR) is 75.0 cm³/mol. The third-order valence-corrected chi connectivity index (χ3v) is 2.48. The second-order valence-corrected chi connectivity index (χ2v) is 6.16. The standard InChI is InChI=1S/C11H11Cl3N2O3/c1-16(10(18)19-6-11(12,13)14)8-4-2-3-7(5-8)9(15)17/h2-5H,6H2,1H3,(H2,15,17). The van der Waals surface area contributed by atoms with E-state index in [2.05, 4.69) is 0 Å². The number of rotatable bonds is 3. The van der Waals surface area contributed by atoms with Gasteiger partial charge in [-0.2, -0.15) is 0 Å². The van der Waals surface area contributed by atoms with Crippen LogP contribution in [0.5, 0.6) is 0 Å². The van der Waals surface area contributed by atoms with Gasteiger partial charge in [0.05, 0.1) is 0 Å². The normalized spacial score (nSPS) is 10.9. The lowest BCUT2D eigenvalue weighted by Gasteiger charge is -2.19. The van der Waals surface area contributed by atoms with Gasteiger partial charge in [-0.05, 0) is 18.2 Å². The van der Waals surface area contributed by atoms with Gasteiger partial charge in [-0.25, -0.2) is 4.79 Å². The maximum Gasteiger partial charge on any atom is 0.414 e. The second-order valence-electron chi connectivity index (χ2n) is 3.64. The zero-order valence-corrected chi connectivity index (χ0v) is 12.2. The fourth-order valence-electron chi connectivity index (χ4n) is 1.21. The zero-order chi connectivity index (χ0) is 14.6. The van der Waals surface area contributed by atoms with Crippen molar-refractivity contribution in [1.29, 1.82) is 0 Å². The van der Waals surface area contributed by atoms with Crippen LogP contribution >= 0.6 is 34.8 Å². The van der Waals surface area contributed by atoms with E-state index in [1.54, 1.807) is 12.1 Å². The average Bonchev–Trinajstić information content (AvgIpc) is 2.34. The molecule has 1 rings (SSSR count). The highest BCUT2D eigenvalue weighted by Crippen LogP contribution is 2.26. The number of anilines is 1. The smallest absolute Gasteiger partial charge is 0.414 e. The molecule has 2 amide bonds. The summed E-state index contributed by atoms with van der Waals surface area (Å²) in [5, 5.41) is 0. The van der Waals surface area contributed by atoms with Gasteiger partial charge in [0.25, 0.3) is 0 Å². The quantitative estimate of drug-likeness (QED) is 0.868. The van der Waals surface area contributed by atoms with Crippen LogP contribution in [0, 0.1) is 0 Å². The molecule has 104 valence electrons. The Hall–Kier alpha value is -1.17. The minimum Gasteiger partial charge on any atom is -0.445 e. The van der Waals surface area contributed by atoms with Crippen LogP contribution in [-0.4, -0.2) is 29.4 Å². The fourth-order valence-corrected chi connectivity index (χ4v) is 1.38. The Bertz CT molecular complexity index is 488. The van der Waals surface area contributed by atoms with Gasteiger partial charge in [-0.3, -0.25) is 9.69 Å². The van der Waals surface area contributed by atoms with Crippen LogP contribution in [-0.2, 0) is 4.74 Å². The van der Waals surface area contributed by atoms with Gasteiger partial charge < -0.3 is 10.5 Å². The van der Waals surface area contributed by atoms with Crippen molar-refractivity contribution in [3.05, 3.63) is 29.8 Å². The number of ether oxygens (including phenoxy) is 1. The molecule has 0 radical (unpaired) electrons.